The van der Waals surface area contributed by atoms with E-state index in [0.29, 0.717) is 16.5 Å². The Morgan fingerprint density at radius 1 is 1.04 bits per heavy atom. The lowest BCUT2D eigenvalue weighted by Crippen LogP contribution is -2.39. The van der Waals surface area contributed by atoms with E-state index in [1.165, 1.54) is 6.07 Å². The number of carbonyl (C=O) groups is 3. The second kappa shape index (κ2) is 6.64. The summed E-state index contributed by atoms with van der Waals surface area (Å²) in [5, 5.41) is 0.652. The van der Waals surface area contributed by atoms with Crippen molar-refractivity contribution in [3.63, 3.8) is 0 Å². The van der Waals surface area contributed by atoms with Crippen LogP contribution in [0, 0.1) is 0 Å². The van der Waals surface area contributed by atoms with E-state index in [1.54, 1.807) is 6.07 Å². The van der Waals surface area contributed by atoms with Crippen LogP contribution in [0.1, 0.15) is 43.7 Å². The van der Waals surface area contributed by atoms with Gasteiger partial charge in [-0.1, -0.05) is 31.9 Å². The summed E-state index contributed by atoms with van der Waals surface area (Å²) in [6, 6.07) is 5.98. The van der Waals surface area contributed by atoms with Crippen LogP contribution in [0.25, 0.3) is 11.0 Å². The van der Waals surface area contributed by atoms with Crippen LogP contribution in [0.2, 0.25) is 0 Å². The van der Waals surface area contributed by atoms with E-state index in [1.807, 2.05) is 19.1 Å². The van der Waals surface area contributed by atoms with Crippen molar-refractivity contribution < 1.29 is 18.8 Å². The van der Waals surface area contributed by atoms with Crippen molar-refractivity contribution in [3.05, 3.63) is 45.8 Å². The summed E-state index contributed by atoms with van der Waals surface area (Å²) >= 11 is 0. The fraction of sp³-hybridized carbons (Fsp3) is 0.400. The Labute approximate surface area is 155 Å². The van der Waals surface area contributed by atoms with Crippen molar-refractivity contribution in [3.8, 4) is 0 Å². The van der Waals surface area contributed by atoms with Crippen molar-refractivity contribution in [2.75, 3.05) is 0 Å². The van der Waals surface area contributed by atoms with Crippen LogP contribution in [0.3, 0.4) is 0 Å². The fourth-order valence-electron chi connectivity index (χ4n) is 3.94. The number of aryl methyl sites for hydroxylation is 1. The van der Waals surface area contributed by atoms with E-state index in [0.717, 1.165) is 47.5 Å². The number of hydrogen-bond donors (Lipinski definition) is 0. The number of hydrogen-bond acceptors (Lipinski definition) is 5. The first-order chi connectivity index (χ1) is 13.0. The monoisotopic (exact) mass is 368 g/mol. The van der Waals surface area contributed by atoms with Gasteiger partial charge in [-0.3, -0.25) is 19.4 Å². The van der Waals surface area contributed by atoms with Crippen molar-refractivity contribution in [2.24, 2.45) is 0 Å². The molecule has 2 fully saturated rings. The average Bonchev–Trinajstić information content (AvgIpc) is 3.24. The maximum atomic E-state index is 12.7. The molecule has 0 unspecified atom stereocenters. The van der Waals surface area contributed by atoms with E-state index in [-0.39, 0.29) is 12.6 Å². The predicted octanol–water partition coefficient (Wildman–Crippen LogP) is 2.59. The van der Waals surface area contributed by atoms with Gasteiger partial charge in [0, 0.05) is 17.5 Å². The molecule has 7 nitrogen and oxygen atoms in total. The molecule has 7 heteroatoms. The molecule has 1 saturated carbocycles. The van der Waals surface area contributed by atoms with Crippen molar-refractivity contribution in [1.82, 2.24) is 9.80 Å². The van der Waals surface area contributed by atoms with Gasteiger partial charge in [0.2, 0.25) is 0 Å². The SMILES string of the molecule is CCc1ccc2c(CN3C(=O)C(=O)N(C4CCCC4)C3=O)cc(=O)oc2c1. The molecule has 0 radical (unpaired) electrons. The molecule has 1 aliphatic heterocycles. The van der Waals surface area contributed by atoms with Gasteiger partial charge in [-0.05, 0) is 36.5 Å². The Bertz CT molecular complexity index is 1000. The molecule has 1 saturated heterocycles. The molecule has 1 aromatic carbocycles. The van der Waals surface area contributed by atoms with E-state index in [2.05, 4.69) is 0 Å². The van der Waals surface area contributed by atoms with Gasteiger partial charge in [0.1, 0.15) is 5.58 Å². The number of carbonyl (C=O) groups excluding carboxylic acids is 3. The molecule has 140 valence electrons. The van der Waals surface area contributed by atoms with Gasteiger partial charge in [0.25, 0.3) is 0 Å². The fourth-order valence-corrected chi connectivity index (χ4v) is 3.94. The van der Waals surface area contributed by atoms with E-state index in [9.17, 15) is 19.2 Å². The molecule has 4 rings (SSSR count). The molecule has 4 amide bonds. The highest BCUT2D eigenvalue weighted by molar-refractivity contribution is 6.44. The average molecular weight is 368 g/mol. The third-order valence-electron chi connectivity index (χ3n) is 5.41. The minimum Gasteiger partial charge on any atom is -0.423 e. The molecule has 2 aliphatic rings. The van der Waals surface area contributed by atoms with Crippen LogP contribution in [-0.4, -0.2) is 33.7 Å². The van der Waals surface area contributed by atoms with Gasteiger partial charge in [-0.2, -0.15) is 0 Å². The second-order valence-corrected chi connectivity index (χ2v) is 7.06. The highest BCUT2D eigenvalue weighted by atomic mass is 16.4. The van der Waals surface area contributed by atoms with E-state index in [4.69, 9.17) is 4.42 Å². The van der Waals surface area contributed by atoms with Crippen LogP contribution in [0.4, 0.5) is 4.79 Å². The standard InChI is InChI=1S/C20H20N2O5/c1-2-12-7-8-15-13(10-17(23)27-16(15)9-12)11-21-18(24)19(25)22(20(21)26)14-5-3-4-6-14/h7-10,14H,2-6,11H2,1H3. The van der Waals surface area contributed by atoms with Gasteiger partial charge in [0.05, 0.1) is 6.54 Å². The number of imide groups is 2. The topological polar surface area (TPSA) is 87.9 Å². The molecule has 0 atom stereocenters. The maximum Gasteiger partial charge on any atom is 0.336 e. The first-order valence-corrected chi connectivity index (χ1v) is 9.24. The molecular formula is C20H20N2O5. The molecule has 2 heterocycles. The Morgan fingerprint density at radius 2 is 1.78 bits per heavy atom. The summed E-state index contributed by atoms with van der Waals surface area (Å²) in [6.45, 7) is 1.87. The Morgan fingerprint density at radius 3 is 2.48 bits per heavy atom. The van der Waals surface area contributed by atoms with Crippen LogP contribution < -0.4 is 5.63 Å². The molecule has 0 bridgehead atoms. The summed E-state index contributed by atoms with van der Waals surface area (Å²) in [5.74, 6) is -1.61. The van der Waals surface area contributed by atoms with Gasteiger partial charge in [-0.15, -0.1) is 0 Å². The van der Waals surface area contributed by atoms with Crippen LogP contribution in [-0.2, 0) is 22.6 Å². The smallest absolute Gasteiger partial charge is 0.336 e. The molecular weight excluding hydrogens is 348 g/mol. The minimum atomic E-state index is -0.835. The first kappa shape index (κ1) is 17.5. The van der Waals surface area contributed by atoms with E-state index < -0.39 is 23.5 Å². The van der Waals surface area contributed by atoms with Gasteiger partial charge in [0.15, 0.2) is 0 Å². The number of amides is 4. The lowest BCUT2D eigenvalue weighted by atomic mass is 10.1. The number of rotatable bonds is 4. The van der Waals surface area contributed by atoms with Gasteiger partial charge < -0.3 is 4.42 Å². The van der Waals surface area contributed by atoms with Crippen molar-refractivity contribution in [2.45, 2.75) is 51.6 Å². The predicted molar refractivity (Wildman–Crippen MR) is 96.9 cm³/mol. The maximum absolute atomic E-state index is 12.7. The summed E-state index contributed by atoms with van der Waals surface area (Å²) in [6.07, 6.45) is 4.14. The molecule has 2 aromatic rings. The zero-order valence-electron chi connectivity index (χ0n) is 15.1. The Kier molecular flexibility index (Phi) is 4.30. The summed E-state index contributed by atoms with van der Waals surface area (Å²) in [4.78, 5) is 51.5. The molecule has 1 aliphatic carbocycles. The van der Waals surface area contributed by atoms with Crippen LogP contribution in [0.5, 0.6) is 0 Å². The van der Waals surface area contributed by atoms with Gasteiger partial charge in [-0.25, -0.2) is 9.59 Å². The summed E-state index contributed by atoms with van der Waals surface area (Å²) in [7, 11) is 0. The number of fused-ring (bicyclic) bond motifs is 1. The molecule has 0 N–H and O–H groups in total. The van der Waals surface area contributed by atoms with Crippen LogP contribution >= 0.6 is 0 Å². The molecule has 0 spiro atoms. The quantitative estimate of drug-likeness (QED) is 0.470. The highest BCUT2D eigenvalue weighted by Gasteiger charge is 2.48. The lowest BCUT2D eigenvalue weighted by Gasteiger charge is -2.21. The molecule has 1 aromatic heterocycles. The third kappa shape index (κ3) is 2.93. The number of urea groups is 1. The first-order valence-electron chi connectivity index (χ1n) is 9.24. The Balaban J connectivity index is 1.69. The zero-order chi connectivity index (χ0) is 19.1. The van der Waals surface area contributed by atoms with Crippen LogP contribution in [0.15, 0.2) is 33.5 Å². The highest BCUT2D eigenvalue weighted by Crippen LogP contribution is 2.29. The third-order valence-corrected chi connectivity index (χ3v) is 5.41. The molecule has 27 heavy (non-hydrogen) atoms. The minimum absolute atomic E-state index is 0.125. The number of nitrogens with zero attached hydrogens (tertiary/aromatic N) is 2. The summed E-state index contributed by atoms with van der Waals surface area (Å²) < 4.78 is 5.27. The number of benzene rings is 1. The van der Waals surface area contributed by atoms with Gasteiger partial charge >= 0.3 is 23.5 Å². The van der Waals surface area contributed by atoms with Crippen molar-refractivity contribution in [1.29, 1.82) is 0 Å². The van der Waals surface area contributed by atoms with E-state index >= 15 is 0 Å². The van der Waals surface area contributed by atoms with Crippen molar-refractivity contribution >= 4 is 28.8 Å². The largest absolute Gasteiger partial charge is 0.423 e. The summed E-state index contributed by atoms with van der Waals surface area (Å²) in [5.41, 5.74) is 1.36. The second-order valence-electron chi connectivity index (χ2n) is 7.06. The Hall–Kier alpha value is -2.96. The normalized spacial score (nSPS) is 18.3. The lowest BCUT2D eigenvalue weighted by molar-refractivity contribution is -0.144. The zero-order valence-corrected chi connectivity index (χ0v) is 15.1.